The van der Waals surface area contributed by atoms with Gasteiger partial charge in [0.2, 0.25) is 10.0 Å². The van der Waals surface area contributed by atoms with Gasteiger partial charge in [-0.2, -0.15) is 0 Å². The molecule has 0 unspecified atom stereocenters. The molecule has 53 heavy (non-hydrogen) atoms. The number of ether oxygens (including phenoxy) is 1. The Morgan fingerprint density at radius 2 is 1.45 bits per heavy atom. The molecule has 2 heterocycles. The first-order valence-corrected chi connectivity index (χ1v) is 19.7. The Morgan fingerprint density at radius 3 is 2.13 bits per heavy atom. The first kappa shape index (κ1) is 37.7. The molecule has 0 aliphatic heterocycles. The molecule has 0 spiro atoms. The van der Waals surface area contributed by atoms with E-state index in [0.717, 1.165) is 27.6 Å². The van der Waals surface area contributed by atoms with Gasteiger partial charge in [-0.1, -0.05) is 89.9 Å². The van der Waals surface area contributed by atoms with Crippen LogP contribution >= 0.6 is 23.2 Å². The molecule has 0 saturated carbocycles. The minimum atomic E-state index is -4.17. The summed E-state index contributed by atoms with van der Waals surface area (Å²) < 4.78 is 38.7. The summed E-state index contributed by atoms with van der Waals surface area (Å²) in [6.07, 6.45) is 2.76. The molecule has 12 heteroatoms. The number of hydrogen-bond donors (Lipinski definition) is 2. The van der Waals surface area contributed by atoms with Gasteiger partial charge in [0.05, 0.1) is 17.9 Å². The van der Waals surface area contributed by atoms with Crippen LogP contribution in [0.4, 0.5) is 0 Å². The first-order chi connectivity index (χ1) is 25.5. The molecule has 0 fully saturated rings. The van der Waals surface area contributed by atoms with Crippen LogP contribution in [0, 0.1) is 13.8 Å². The summed E-state index contributed by atoms with van der Waals surface area (Å²) >= 11 is 12.8. The zero-order valence-corrected chi connectivity index (χ0v) is 31.8. The number of aryl methyl sites for hydroxylation is 3. The highest BCUT2D eigenvalue weighted by molar-refractivity contribution is 7.90. The van der Waals surface area contributed by atoms with Crippen LogP contribution in [-0.4, -0.2) is 48.3 Å². The molecule has 274 valence electrons. The number of sulfonamides is 1. The average molecular weight is 772 g/mol. The van der Waals surface area contributed by atoms with E-state index >= 15 is 0 Å². The number of rotatable bonds is 15. The maximum atomic E-state index is 14.1. The molecule has 0 bridgehead atoms. The average Bonchev–Trinajstić information content (AvgIpc) is 3.71. The molecule has 2 aromatic heterocycles. The minimum absolute atomic E-state index is 0.200. The fourth-order valence-corrected chi connectivity index (χ4v) is 7.56. The number of nitrogens with one attached hydrogen (secondary N) is 2. The topological polar surface area (TPSA) is 111 Å². The van der Waals surface area contributed by atoms with Gasteiger partial charge in [-0.3, -0.25) is 9.59 Å². The van der Waals surface area contributed by atoms with Crippen molar-refractivity contribution in [3.8, 4) is 5.75 Å². The third-order valence-corrected chi connectivity index (χ3v) is 11.0. The van der Waals surface area contributed by atoms with E-state index in [9.17, 15) is 18.0 Å². The second-order valence-electron chi connectivity index (χ2n) is 12.9. The van der Waals surface area contributed by atoms with E-state index in [2.05, 4.69) is 10.0 Å². The van der Waals surface area contributed by atoms with Gasteiger partial charge in [-0.25, -0.2) is 13.1 Å². The van der Waals surface area contributed by atoms with Crippen molar-refractivity contribution in [2.45, 2.75) is 39.8 Å². The summed E-state index contributed by atoms with van der Waals surface area (Å²) in [5.41, 5.74) is 5.78. The second-order valence-corrected chi connectivity index (χ2v) is 15.6. The lowest BCUT2D eigenvalue weighted by atomic mass is 10.1. The SMILES string of the molecule is Cc1cc(OCCCc2c(C(=O)NS(=O)(=O)CCNC(=O)c3cccn3Cc3ccccc3)n(Cc3ccccc3)c3cc(Cl)ccc23)cc(C)c1Cl. The highest BCUT2D eigenvalue weighted by Gasteiger charge is 2.26. The van der Waals surface area contributed by atoms with Gasteiger partial charge in [-0.05, 0) is 90.9 Å². The summed E-state index contributed by atoms with van der Waals surface area (Å²) in [6, 6.07) is 31.9. The highest BCUT2D eigenvalue weighted by atomic mass is 35.5. The fourth-order valence-electron chi connectivity index (χ4n) is 6.43. The number of benzene rings is 4. The maximum absolute atomic E-state index is 14.1. The fraction of sp³-hybridized carbons (Fsp3) is 0.220. The van der Waals surface area contributed by atoms with Crippen LogP contribution in [0.3, 0.4) is 0 Å². The van der Waals surface area contributed by atoms with Crippen LogP contribution < -0.4 is 14.8 Å². The van der Waals surface area contributed by atoms with Crippen molar-refractivity contribution in [2.24, 2.45) is 0 Å². The van der Waals surface area contributed by atoms with Crippen molar-refractivity contribution < 1.29 is 22.7 Å². The predicted molar refractivity (Wildman–Crippen MR) is 211 cm³/mol. The number of carbonyl (C=O) groups excluding carboxylic acids is 2. The van der Waals surface area contributed by atoms with Crippen molar-refractivity contribution in [3.63, 3.8) is 0 Å². The second kappa shape index (κ2) is 16.8. The molecular weight excluding hydrogens is 731 g/mol. The van der Waals surface area contributed by atoms with E-state index in [-0.39, 0.29) is 12.2 Å². The zero-order chi connectivity index (χ0) is 37.5. The van der Waals surface area contributed by atoms with Crippen molar-refractivity contribution in [1.29, 1.82) is 0 Å². The Balaban J connectivity index is 1.20. The number of amides is 2. The Morgan fingerprint density at radius 1 is 0.792 bits per heavy atom. The first-order valence-electron chi connectivity index (χ1n) is 17.3. The van der Waals surface area contributed by atoms with E-state index in [1.807, 2.05) is 97.3 Å². The number of fused-ring (bicyclic) bond motifs is 1. The van der Waals surface area contributed by atoms with Gasteiger partial charge >= 0.3 is 0 Å². The number of halogens is 2. The van der Waals surface area contributed by atoms with Crippen molar-refractivity contribution in [2.75, 3.05) is 18.9 Å². The van der Waals surface area contributed by atoms with Crippen LogP contribution in [0.2, 0.25) is 10.0 Å². The normalized spacial score (nSPS) is 11.5. The largest absolute Gasteiger partial charge is 0.494 e. The van der Waals surface area contributed by atoms with Crippen LogP contribution in [0.5, 0.6) is 5.75 Å². The Bertz CT molecular complexity index is 2330. The lowest BCUT2D eigenvalue weighted by Crippen LogP contribution is -2.38. The molecule has 2 amide bonds. The van der Waals surface area contributed by atoms with Crippen molar-refractivity contribution >= 4 is 55.9 Å². The third kappa shape index (κ3) is 9.32. The standard InChI is InChI=1S/C41H40Cl2N4O5S/c1-28-23-33(24-29(2)38(28)43)52-21-10-15-35-34-18-17-32(42)25-37(34)47(27-31-13-7-4-8-14-31)39(35)41(49)45-53(50,51)22-19-44-40(48)36-16-9-20-46(36)26-30-11-5-3-6-12-30/h3-9,11-14,16-18,20,23-25H,10,15,19,21-22,26-27H2,1-2H3,(H,44,48)(H,45,49). The predicted octanol–water partition coefficient (Wildman–Crippen LogP) is 7.96. The van der Waals surface area contributed by atoms with Gasteiger partial charge in [0.1, 0.15) is 17.1 Å². The lowest BCUT2D eigenvalue weighted by Gasteiger charge is -2.14. The molecule has 0 radical (unpaired) electrons. The summed E-state index contributed by atoms with van der Waals surface area (Å²) in [5.74, 6) is -0.988. The van der Waals surface area contributed by atoms with Gasteiger partial charge in [0.15, 0.2) is 0 Å². The van der Waals surface area contributed by atoms with E-state index in [1.165, 1.54) is 0 Å². The summed E-state index contributed by atoms with van der Waals surface area (Å²) in [5, 5.41) is 4.66. The van der Waals surface area contributed by atoms with E-state index in [4.69, 9.17) is 27.9 Å². The molecule has 4 aromatic carbocycles. The van der Waals surface area contributed by atoms with Gasteiger partial charge in [-0.15, -0.1) is 0 Å². The molecule has 6 rings (SSSR count). The van der Waals surface area contributed by atoms with Gasteiger partial charge < -0.3 is 19.2 Å². The molecule has 9 nitrogen and oxygen atoms in total. The van der Waals surface area contributed by atoms with E-state index in [0.29, 0.717) is 65.1 Å². The molecular formula is C41H40Cl2N4O5S. The van der Waals surface area contributed by atoms with Crippen LogP contribution in [-0.2, 0) is 29.5 Å². The minimum Gasteiger partial charge on any atom is -0.494 e. The van der Waals surface area contributed by atoms with Gasteiger partial charge in [0.25, 0.3) is 11.8 Å². The Hall–Kier alpha value is -5.03. The van der Waals surface area contributed by atoms with E-state index < -0.39 is 27.6 Å². The monoisotopic (exact) mass is 770 g/mol. The zero-order valence-electron chi connectivity index (χ0n) is 29.4. The number of hydrogen-bond acceptors (Lipinski definition) is 5. The molecule has 0 saturated heterocycles. The summed E-state index contributed by atoms with van der Waals surface area (Å²) in [4.78, 5) is 27.2. The van der Waals surface area contributed by atoms with E-state index in [1.54, 1.807) is 35.0 Å². The number of aromatic nitrogens is 2. The Labute approximate surface area is 319 Å². The highest BCUT2D eigenvalue weighted by Crippen LogP contribution is 2.32. The number of carbonyl (C=O) groups is 2. The van der Waals surface area contributed by atoms with Crippen molar-refractivity contribution in [3.05, 3.63) is 159 Å². The smallest absolute Gasteiger partial charge is 0.281 e. The van der Waals surface area contributed by atoms with Crippen LogP contribution in [0.15, 0.2) is 109 Å². The van der Waals surface area contributed by atoms with Crippen LogP contribution in [0.1, 0.15) is 55.2 Å². The molecule has 2 N–H and O–H groups in total. The molecule has 6 aromatic rings. The van der Waals surface area contributed by atoms with Crippen LogP contribution in [0.25, 0.3) is 10.9 Å². The van der Waals surface area contributed by atoms with Gasteiger partial charge in [0, 0.05) is 41.3 Å². The quantitative estimate of drug-likeness (QED) is 0.103. The van der Waals surface area contributed by atoms with Crippen molar-refractivity contribution in [1.82, 2.24) is 19.2 Å². The molecule has 0 aliphatic rings. The summed E-state index contributed by atoms with van der Waals surface area (Å²) in [6.45, 7) is 4.79. The molecule has 0 atom stereocenters. The maximum Gasteiger partial charge on any atom is 0.281 e. The Kier molecular flexibility index (Phi) is 11.9. The lowest BCUT2D eigenvalue weighted by molar-refractivity contribution is 0.0946. The third-order valence-electron chi connectivity index (χ3n) is 8.94. The number of nitrogens with zero attached hydrogens (tertiary/aromatic N) is 2. The molecule has 0 aliphatic carbocycles. The summed E-state index contributed by atoms with van der Waals surface area (Å²) in [7, 11) is -4.17.